The van der Waals surface area contributed by atoms with Gasteiger partial charge in [0.1, 0.15) is 0 Å². The molecule has 0 aliphatic rings. The highest BCUT2D eigenvalue weighted by molar-refractivity contribution is 7.86. The van der Waals surface area contributed by atoms with Gasteiger partial charge in [-0.15, -0.1) is 0 Å². The maximum Gasteiger partial charge on any atom is 0.297 e. The topological polar surface area (TPSA) is 61.8 Å². The van der Waals surface area contributed by atoms with Crippen molar-refractivity contribution in [2.75, 3.05) is 26.9 Å². The molecule has 0 saturated carbocycles. The van der Waals surface area contributed by atoms with Crippen molar-refractivity contribution in [2.45, 2.75) is 24.8 Å². The van der Waals surface area contributed by atoms with E-state index in [1.54, 1.807) is 19.2 Å². The van der Waals surface area contributed by atoms with E-state index >= 15 is 0 Å². The summed E-state index contributed by atoms with van der Waals surface area (Å²) in [7, 11) is -2.12. The molecule has 0 amide bonds. The van der Waals surface area contributed by atoms with E-state index in [0.717, 1.165) is 5.56 Å². The van der Waals surface area contributed by atoms with E-state index in [4.69, 9.17) is 13.7 Å². The Morgan fingerprint density at radius 3 is 2.37 bits per heavy atom. The van der Waals surface area contributed by atoms with Crippen LogP contribution in [0.1, 0.15) is 12.5 Å². The van der Waals surface area contributed by atoms with Gasteiger partial charge in [0.25, 0.3) is 10.1 Å². The van der Waals surface area contributed by atoms with Crippen LogP contribution >= 0.6 is 0 Å². The van der Waals surface area contributed by atoms with Gasteiger partial charge in [0.15, 0.2) is 0 Å². The van der Waals surface area contributed by atoms with Crippen LogP contribution < -0.4 is 0 Å². The molecule has 108 valence electrons. The predicted molar refractivity (Wildman–Crippen MR) is 71.6 cm³/mol. The van der Waals surface area contributed by atoms with Crippen LogP contribution in [0.15, 0.2) is 29.2 Å². The van der Waals surface area contributed by atoms with E-state index in [0.29, 0.717) is 6.61 Å². The molecule has 0 saturated heterocycles. The zero-order valence-electron chi connectivity index (χ0n) is 11.5. The van der Waals surface area contributed by atoms with Gasteiger partial charge >= 0.3 is 0 Å². The zero-order chi connectivity index (χ0) is 14.3. The lowest BCUT2D eigenvalue weighted by Gasteiger charge is -2.12. The van der Waals surface area contributed by atoms with Crippen LogP contribution in [0.5, 0.6) is 0 Å². The fourth-order valence-corrected chi connectivity index (χ4v) is 2.34. The molecule has 0 bridgehead atoms. The molecule has 1 aromatic carbocycles. The van der Waals surface area contributed by atoms with Crippen LogP contribution in [0.2, 0.25) is 0 Å². The second kappa shape index (κ2) is 7.59. The van der Waals surface area contributed by atoms with Gasteiger partial charge in [0.2, 0.25) is 0 Å². The van der Waals surface area contributed by atoms with Crippen LogP contribution in [0.25, 0.3) is 0 Å². The maximum absolute atomic E-state index is 11.8. The Bertz CT molecular complexity index is 466. The molecule has 6 heteroatoms. The molecule has 19 heavy (non-hydrogen) atoms. The number of hydrogen-bond donors (Lipinski definition) is 0. The summed E-state index contributed by atoms with van der Waals surface area (Å²) in [4.78, 5) is 0.156. The summed E-state index contributed by atoms with van der Waals surface area (Å²) in [5.41, 5.74) is 0.996. The summed E-state index contributed by atoms with van der Waals surface area (Å²) in [5.74, 6) is 0. The number of hydrogen-bond acceptors (Lipinski definition) is 5. The summed E-state index contributed by atoms with van der Waals surface area (Å²) in [6.45, 7) is 4.39. The van der Waals surface area contributed by atoms with E-state index in [1.165, 1.54) is 12.1 Å². The highest BCUT2D eigenvalue weighted by atomic mass is 32.2. The third-order valence-electron chi connectivity index (χ3n) is 2.44. The molecule has 0 N–H and O–H groups in total. The fourth-order valence-electron chi connectivity index (χ4n) is 1.45. The molecule has 0 aliphatic carbocycles. The van der Waals surface area contributed by atoms with Crippen LogP contribution in [0.3, 0.4) is 0 Å². The number of benzene rings is 1. The van der Waals surface area contributed by atoms with E-state index in [-0.39, 0.29) is 24.2 Å². The quantitative estimate of drug-likeness (QED) is 0.539. The summed E-state index contributed by atoms with van der Waals surface area (Å²) in [5, 5.41) is 0. The SMILES string of the molecule is COC[C@@H](C)OCCOS(=O)(=O)c1ccc(C)cc1. The van der Waals surface area contributed by atoms with E-state index in [2.05, 4.69) is 0 Å². The largest absolute Gasteiger partial charge is 0.382 e. The van der Waals surface area contributed by atoms with Gasteiger partial charge < -0.3 is 9.47 Å². The Balaban J connectivity index is 2.41. The molecule has 0 heterocycles. The van der Waals surface area contributed by atoms with Crippen molar-refractivity contribution in [1.29, 1.82) is 0 Å². The molecule has 0 aliphatic heterocycles. The Morgan fingerprint density at radius 2 is 1.79 bits per heavy atom. The first-order chi connectivity index (χ1) is 8.95. The zero-order valence-corrected chi connectivity index (χ0v) is 12.3. The average molecular weight is 288 g/mol. The summed E-state index contributed by atoms with van der Waals surface area (Å²) >= 11 is 0. The second-order valence-electron chi connectivity index (χ2n) is 4.23. The molecule has 1 rings (SSSR count). The Morgan fingerprint density at radius 1 is 1.16 bits per heavy atom. The first kappa shape index (κ1) is 16.1. The first-order valence-corrected chi connectivity index (χ1v) is 7.43. The molecule has 1 aromatic rings. The average Bonchev–Trinajstić information content (AvgIpc) is 2.36. The highest BCUT2D eigenvalue weighted by Gasteiger charge is 2.14. The number of aryl methyl sites for hydroxylation is 1. The van der Waals surface area contributed by atoms with Gasteiger partial charge in [0.05, 0.1) is 30.8 Å². The van der Waals surface area contributed by atoms with Crippen molar-refractivity contribution < 1.29 is 22.1 Å². The van der Waals surface area contributed by atoms with E-state index in [1.807, 2.05) is 13.8 Å². The summed E-state index contributed by atoms with van der Waals surface area (Å²) in [6.07, 6.45) is -0.0873. The molecular weight excluding hydrogens is 268 g/mol. The van der Waals surface area contributed by atoms with E-state index in [9.17, 15) is 8.42 Å². The third-order valence-corrected chi connectivity index (χ3v) is 3.76. The minimum absolute atomic E-state index is 0.00966. The van der Waals surface area contributed by atoms with Gasteiger partial charge in [-0.05, 0) is 26.0 Å². The second-order valence-corrected chi connectivity index (χ2v) is 5.84. The van der Waals surface area contributed by atoms with E-state index < -0.39 is 10.1 Å². The lowest BCUT2D eigenvalue weighted by atomic mass is 10.2. The van der Waals surface area contributed by atoms with Crippen LogP contribution in [-0.2, 0) is 23.8 Å². The van der Waals surface area contributed by atoms with Gasteiger partial charge in [-0.3, -0.25) is 4.18 Å². The van der Waals surface area contributed by atoms with Crippen LogP contribution in [-0.4, -0.2) is 41.5 Å². The Hall–Kier alpha value is -0.950. The van der Waals surface area contributed by atoms with Crippen molar-refractivity contribution in [1.82, 2.24) is 0 Å². The standard InChI is InChI=1S/C13H20O5S/c1-11-4-6-13(7-5-11)19(14,15)18-9-8-17-12(2)10-16-3/h4-7,12H,8-10H2,1-3H3/t12-/m1/s1. The number of ether oxygens (including phenoxy) is 2. The Labute approximate surface area is 114 Å². The normalized spacial score (nSPS) is 13.4. The molecule has 0 radical (unpaired) electrons. The van der Waals surface area contributed by atoms with Crippen LogP contribution in [0, 0.1) is 6.92 Å². The maximum atomic E-state index is 11.8. The molecule has 0 unspecified atom stereocenters. The minimum Gasteiger partial charge on any atom is -0.382 e. The lowest BCUT2D eigenvalue weighted by molar-refractivity contribution is -0.00148. The molecule has 0 aromatic heterocycles. The summed E-state index contributed by atoms with van der Waals surface area (Å²) < 4.78 is 38.7. The third kappa shape index (κ3) is 5.69. The van der Waals surface area contributed by atoms with Crippen molar-refractivity contribution in [3.05, 3.63) is 29.8 Å². The van der Waals surface area contributed by atoms with Gasteiger partial charge in [-0.2, -0.15) is 8.42 Å². The van der Waals surface area contributed by atoms with Crippen molar-refractivity contribution >= 4 is 10.1 Å². The molecular formula is C13H20O5S. The molecule has 0 fully saturated rings. The first-order valence-electron chi connectivity index (χ1n) is 6.02. The van der Waals surface area contributed by atoms with Crippen molar-refractivity contribution in [3.63, 3.8) is 0 Å². The van der Waals surface area contributed by atoms with Crippen molar-refractivity contribution in [2.24, 2.45) is 0 Å². The van der Waals surface area contributed by atoms with Gasteiger partial charge in [-0.1, -0.05) is 17.7 Å². The highest BCUT2D eigenvalue weighted by Crippen LogP contribution is 2.12. The van der Waals surface area contributed by atoms with Gasteiger partial charge in [-0.25, -0.2) is 0 Å². The minimum atomic E-state index is -3.70. The summed E-state index contributed by atoms with van der Waals surface area (Å²) in [6, 6.07) is 6.51. The number of methoxy groups -OCH3 is 1. The fraction of sp³-hybridized carbons (Fsp3) is 0.538. The van der Waals surface area contributed by atoms with Crippen molar-refractivity contribution in [3.8, 4) is 0 Å². The Kier molecular flexibility index (Phi) is 6.44. The smallest absolute Gasteiger partial charge is 0.297 e. The van der Waals surface area contributed by atoms with Crippen LogP contribution in [0.4, 0.5) is 0 Å². The molecule has 1 atom stereocenters. The van der Waals surface area contributed by atoms with Gasteiger partial charge in [0, 0.05) is 7.11 Å². The predicted octanol–water partition coefficient (Wildman–Crippen LogP) is 1.75. The molecule has 5 nitrogen and oxygen atoms in total. The lowest BCUT2D eigenvalue weighted by Crippen LogP contribution is -2.19. The monoisotopic (exact) mass is 288 g/mol. The molecule has 0 spiro atoms. The number of rotatable bonds is 8.